The zero-order chi connectivity index (χ0) is 20.6. The highest BCUT2D eigenvalue weighted by molar-refractivity contribution is 5.93. The van der Waals surface area contributed by atoms with Gasteiger partial charge in [-0.1, -0.05) is 20.8 Å². The molecule has 0 radical (unpaired) electrons. The van der Waals surface area contributed by atoms with Crippen LogP contribution in [0.3, 0.4) is 0 Å². The van der Waals surface area contributed by atoms with Gasteiger partial charge in [-0.3, -0.25) is 10.1 Å². The lowest BCUT2D eigenvalue weighted by Gasteiger charge is -2.15. The number of fused-ring (bicyclic) bond motifs is 1. The Morgan fingerprint density at radius 3 is 2.39 bits per heavy atom. The number of carbonyl (C=O) groups is 1. The topological polar surface area (TPSA) is 72.7 Å². The minimum atomic E-state index is -4.66. The number of nitrogens with zero attached hydrogens (tertiary/aromatic N) is 4. The van der Waals surface area contributed by atoms with Crippen LogP contribution in [0.15, 0.2) is 30.5 Å². The van der Waals surface area contributed by atoms with E-state index in [0.717, 1.165) is 29.0 Å². The molecule has 0 aromatic carbocycles. The van der Waals surface area contributed by atoms with Crippen molar-refractivity contribution in [3.05, 3.63) is 42.0 Å². The first kappa shape index (κ1) is 19.7. The Morgan fingerprint density at radius 2 is 1.82 bits per heavy atom. The first-order valence-corrected chi connectivity index (χ1v) is 8.47. The molecule has 0 aliphatic carbocycles. The fourth-order valence-corrected chi connectivity index (χ4v) is 2.44. The summed E-state index contributed by atoms with van der Waals surface area (Å²) < 4.78 is 53.7. The van der Waals surface area contributed by atoms with Gasteiger partial charge in [0, 0.05) is 5.92 Å². The van der Waals surface area contributed by atoms with Crippen LogP contribution >= 0.6 is 0 Å². The van der Waals surface area contributed by atoms with Crippen molar-refractivity contribution in [3.63, 3.8) is 0 Å². The highest BCUT2D eigenvalue weighted by Gasteiger charge is 2.33. The van der Waals surface area contributed by atoms with Crippen molar-refractivity contribution in [3.8, 4) is 5.82 Å². The number of amides is 1. The molecular formula is C18H17F4N5O. The third kappa shape index (κ3) is 3.80. The van der Waals surface area contributed by atoms with Crippen molar-refractivity contribution >= 4 is 23.0 Å². The molecule has 0 spiro atoms. The molecule has 3 aromatic heterocycles. The Bertz CT molecular complexity index is 1010. The minimum absolute atomic E-state index is 0.0386. The summed E-state index contributed by atoms with van der Waals surface area (Å²) in [5, 5.41) is 2.61. The number of pyridine rings is 2. The summed E-state index contributed by atoms with van der Waals surface area (Å²) in [5.41, 5.74) is -1.13. The van der Waals surface area contributed by atoms with Crippen LogP contribution in [-0.2, 0) is 11.0 Å². The van der Waals surface area contributed by atoms with Crippen LogP contribution < -0.4 is 5.32 Å². The molecule has 3 heterocycles. The Labute approximate surface area is 157 Å². The maximum absolute atomic E-state index is 13.2. The second kappa shape index (κ2) is 7.17. The molecule has 1 unspecified atom stereocenters. The van der Waals surface area contributed by atoms with Crippen LogP contribution in [0.25, 0.3) is 17.0 Å². The van der Waals surface area contributed by atoms with Gasteiger partial charge in [0.05, 0.1) is 6.20 Å². The minimum Gasteiger partial charge on any atom is -0.295 e. The number of nitrogens with one attached hydrogen (secondary N) is 1. The van der Waals surface area contributed by atoms with Crippen molar-refractivity contribution < 1.29 is 22.4 Å². The van der Waals surface area contributed by atoms with Gasteiger partial charge in [-0.2, -0.15) is 13.2 Å². The Balaban J connectivity index is 2.18. The second-order valence-electron chi connectivity index (χ2n) is 6.66. The quantitative estimate of drug-likeness (QED) is 0.672. The van der Waals surface area contributed by atoms with E-state index in [4.69, 9.17) is 0 Å². The number of hydrogen-bond acceptors (Lipinski definition) is 4. The number of halogens is 4. The van der Waals surface area contributed by atoms with Crippen molar-refractivity contribution in [1.82, 2.24) is 19.5 Å². The molecule has 0 saturated heterocycles. The number of imidazole rings is 1. The Kier molecular flexibility index (Phi) is 5.05. The molecule has 1 amide bonds. The molecule has 0 bridgehead atoms. The van der Waals surface area contributed by atoms with E-state index in [-0.39, 0.29) is 40.7 Å². The average Bonchev–Trinajstić information content (AvgIpc) is 2.97. The molecule has 1 N–H and O–H groups in total. The number of rotatable bonds is 4. The van der Waals surface area contributed by atoms with E-state index in [1.165, 1.54) is 6.07 Å². The van der Waals surface area contributed by atoms with Crippen molar-refractivity contribution in [2.45, 2.75) is 26.9 Å². The van der Waals surface area contributed by atoms with E-state index in [0.29, 0.717) is 0 Å². The Morgan fingerprint density at radius 1 is 1.11 bits per heavy atom. The van der Waals surface area contributed by atoms with E-state index in [1.807, 2.05) is 13.8 Å². The van der Waals surface area contributed by atoms with Gasteiger partial charge in [0.25, 0.3) is 0 Å². The molecule has 28 heavy (non-hydrogen) atoms. The highest BCUT2D eigenvalue weighted by Crippen LogP contribution is 2.31. The molecule has 1 atom stereocenters. The molecule has 3 aromatic rings. The SMILES string of the molecule is CC(C)C(C)C(=O)Nc1nc2ccc(C(F)(F)F)nc2n1-c1ccc(F)cn1. The van der Waals surface area contributed by atoms with Gasteiger partial charge >= 0.3 is 6.18 Å². The van der Waals surface area contributed by atoms with Gasteiger partial charge in [0.2, 0.25) is 11.9 Å². The molecule has 0 aliphatic rings. The predicted molar refractivity (Wildman–Crippen MR) is 94.3 cm³/mol. The number of hydrogen-bond donors (Lipinski definition) is 1. The van der Waals surface area contributed by atoms with Gasteiger partial charge in [0.15, 0.2) is 5.65 Å². The number of alkyl halides is 3. The highest BCUT2D eigenvalue weighted by atomic mass is 19.4. The van der Waals surface area contributed by atoms with E-state index in [2.05, 4.69) is 20.3 Å². The number of anilines is 1. The summed E-state index contributed by atoms with van der Waals surface area (Å²) >= 11 is 0. The van der Waals surface area contributed by atoms with Gasteiger partial charge in [-0.25, -0.2) is 23.9 Å². The van der Waals surface area contributed by atoms with E-state index in [9.17, 15) is 22.4 Å². The summed E-state index contributed by atoms with van der Waals surface area (Å²) in [6.07, 6.45) is -3.74. The smallest absolute Gasteiger partial charge is 0.295 e. The summed E-state index contributed by atoms with van der Waals surface area (Å²) in [6.45, 7) is 5.46. The lowest BCUT2D eigenvalue weighted by Crippen LogP contribution is -2.26. The van der Waals surface area contributed by atoms with Gasteiger partial charge < -0.3 is 0 Å². The fourth-order valence-electron chi connectivity index (χ4n) is 2.44. The van der Waals surface area contributed by atoms with Gasteiger partial charge in [0.1, 0.15) is 22.8 Å². The summed E-state index contributed by atoms with van der Waals surface area (Å²) in [6, 6.07) is 4.33. The zero-order valence-electron chi connectivity index (χ0n) is 15.3. The normalized spacial score (nSPS) is 13.1. The standard InChI is InChI=1S/C18H17F4N5O/c1-9(2)10(3)16(28)26-17-24-12-5-6-13(18(20,21)22)25-15(12)27(17)14-7-4-11(19)8-23-14/h4-10H,1-3H3,(H,24,26,28). The van der Waals surface area contributed by atoms with Crippen molar-refractivity contribution in [2.75, 3.05) is 5.32 Å². The molecule has 148 valence electrons. The van der Waals surface area contributed by atoms with Gasteiger partial charge in [-0.15, -0.1) is 0 Å². The maximum Gasteiger partial charge on any atom is 0.433 e. The summed E-state index contributed by atoms with van der Waals surface area (Å²) in [4.78, 5) is 24.2. The first-order valence-electron chi connectivity index (χ1n) is 8.47. The average molecular weight is 395 g/mol. The molecule has 6 nitrogen and oxygen atoms in total. The van der Waals surface area contributed by atoms with Crippen molar-refractivity contribution in [1.29, 1.82) is 0 Å². The van der Waals surface area contributed by atoms with Crippen molar-refractivity contribution in [2.24, 2.45) is 11.8 Å². The molecule has 10 heteroatoms. The first-order chi connectivity index (χ1) is 13.1. The molecule has 0 saturated carbocycles. The monoisotopic (exact) mass is 395 g/mol. The second-order valence-corrected chi connectivity index (χ2v) is 6.66. The molecule has 0 fully saturated rings. The maximum atomic E-state index is 13.2. The lowest BCUT2D eigenvalue weighted by molar-refractivity contribution is -0.141. The van der Waals surface area contributed by atoms with E-state index < -0.39 is 17.7 Å². The summed E-state index contributed by atoms with van der Waals surface area (Å²) in [7, 11) is 0. The number of aromatic nitrogens is 4. The van der Waals surface area contributed by atoms with Crippen LogP contribution in [0.4, 0.5) is 23.5 Å². The van der Waals surface area contributed by atoms with Crippen LogP contribution in [0.1, 0.15) is 26.5 Å². The predicted octanol–water partition coefficient (Wildman–Crippen LogP) is 4.20. The van der Waals surface area contributed by atoms with E-state index in [1.54, 1.807) is 6.92 Å². The van der Waals surface area contributed by atoms with E-state index >= 15 is 0 Å². The lowest BCUT2D eigenvalue weighted by atomic mass is 9.97. The molecule has 0 aliphatic heterocycles. The fraction of sp³-hybridized carbons (Fsp3) is 0.333. The summed E-state index contributed by atoms with van der Waals surface area (Å²) in [5.74, 6) is -1.27. The molecule has 3 rings (SSSR count). The van der Waals surface area contributed by atoms with Crippen LogP contribution in [-0.4, -0.2) is 25.4 Å². The third-order valence-electron chi connectivity index (χ3n) is 4.38. The molecular weight excluding hydrogens is 378 g/mol. The Hall–Kier alpha value is -3.04. The number of carbonyl (C=O) groups excluding carboxylic acids is 1. The zero-order valence-corrected chi connectivity index (χ0v) is 15.3. The van der Waals surface area contributed by atoms with Crippen LogP contribution in [0.2, 0.25) is 0 Å². The van der Waals surface area contributed by atoms with Crippen LogP contribution in [0, 0.1) is 17.7 Å². The van der Waals surface area contributed by atoms with Gasteiger partial charge in [-0.05, 0) is 30.2 Å². The third-order valence-corrected chi connectivity index (χ3v) is 4.38. The van der Waals surface area contributed by atoms with Crippen LogP contribution in [0.5, 0.6) is 0 Å². The largest absolute Gasteiger partial charge is 0.433 e.